The SMILES string of the molecule is C#CCn1cc(/C=N\NC(=O)c2ccc(N3CCCC3)cc2)c2ccccc21. The second kappa shape index (κ2) is 8.01. The highest BCUT2D eigenvalue weighted by atomic mass is 16.2. The summed E-state index contributed by atoms with van der Waals surface area (Å²) in [5.41, 5.74) is 6.33. The van der Waals surface area contributed by atoms with Crippen LogP contribution in [0.1, 0.15) is 28.8 Å². The number of nitrogens with one attached hydrogen (secondary N) is 1. The summed E-state index contributed by atoms with van der Waals surface area (Å²) in [6.07, 6.45) is 11.5. The van der Waals surface area contributed by atoms with E-state index >= 15 is 0 Å². The molecule has 2 heterocycles. The van der Waals surface area contributed by atoms with Crippen molar-refractivity contribution in [2.75, 3.05) is 18.0 Å². The molecule has 140 valence electrons. The van der Waals surface area contributed by atoms with Gasteiger partial charge in [0.2, 0.25) is 0 Å². The zero-order valence-electron chi connectivity index (χ0n) is 15.6. The van der Waals surface area contributed by atoms with Crippen LogP contribution >= 0.6 is 0 Å². The molecule has 3 aromatic rings. The molecular formula is C23H22N4O. The molecule has 0 atom stereocenters. The fraction of sp³-hybridized carbons (Fsp3) is 0.217. The second-order valence-electron chi connectivity index (χ2n) is 6.87. The van der Waals surface area contributed by atoms with Crippen molar-refractivity contribution in [2.24, 2.45) is 5.10 Å². The minimum atomic E-state index is -0.225. The number of hydrazone groups is 1. The topological polar surface area (TPSA) is 49.6 Å². The van der Waals surface area contributed by atoms with Gasteiger partial charge in [-0.25, -0.2) is 5.43 Å². The zero-order chi connectivity index (χ0) is 19.3. The number of carbonyl (C=O) groups is 1. The van der Waals surface area contributed by atoms with Crippen molar-refractivity contribution in [3.05, 3.63) is 65.9 Å². The lowest BCUT2D eigenvalue weighted by Crippen LogP contribution is -2.19. The maximum absolute atomic E-state index is 12.4. The van der Waals surface area contributed by atoms with Gasteiger partial charge in [-0.3, -0.25) is 4.79 Å². The van der Waals surface area contributed by atoms with E-state index in [0.29, 0.717) is 12.1 Å². The van der Waals surface area contributed by atoms with Crippen molar-refractivity contribution in [2.45, 2.75) is 19.4 Å². The van der Waals surface area contributed by atoms with E-state index < -0.39 is 0 Å². The largest absolute Gasteiger partial charge is 0.372 e. The van der Waals surface area contributed by atoms with Crippen LogP contribution in [0.25, 0.3) is 10.9 Å². The average Bonchev–Trinajstić information content (AvgIpc) is 3.38. The van der Waals surface area contributed by atoms with Crippen LogP contribution in [0.5, 0.6) is 0 Å². The van der Waals surface area contributed by atoms with Crippen LogP contribution in [0, 0.1) is 12.3 Å². The highest BCUT2D eigenvalue weighted by Crippen LogP contribution is 2.21. The Morgan fingerprint density at radius 2 is 1.89 bits per heavy atom. The third-order valence-electron chi connectivity index (χ3n) is 5.05. The Bertz CT molecular complexity index is 1050. The number of para-hydroxylation sites is 1. The molecular weight excluding hydrogens is 348 g/mol. The molecule has 0 radical (unpaired) electrons. The van der Waals surface area contributed by atoms with E-state index in [9.17, 15) is 4.79 Å². The minimum Gasteiger partial charge on any atom is -0.372 e. The van der Waals surface area contributed by atoms with Gasteiger partial charge in [-0.2, -0.15) is 5.10 Å². The first kappa shape index (κ1) is 17.9. The maximum atomic E-state index is 12.4. The summed E-state index contributed by atoms with van der Waals surface area (Å²) in [5, 5.41) is 5.19. The number of rotatable bonds is 5. The summed E-state index contributed by atoms with van der Waals surface area (Å²) in [6, 6.07) is 15.7. The van der Waals surface area contributed by atoms with Crippen molar-refractivity contribution in [1.29, 1.82) is 0 Å². The molecule has 1 aliphatic heterocycles. The van der Waals surface area contributed by atoms with Gasteiger partial charge in [-0.05, 0) is 43.2 Å². The molecule has 1 amide bonds. The lowest BCUT2D eigenvalue weighted by Gasteiger charge is -2.17. The van der Waals surface area contributed by atoms with Crippen molar-refractivity contribution < 1.29 is 4.79 Å². The van der Waals surface area contributed by atoms with E-state index in [-0.39, 0.29) is 5.91 Å². The van der Waals surface area contributed by atoms with Gasteiger partial charge in [0.1, 0.15) is 0 Å². The highest BCUT2D eigenvalue weighted by Gasteiger charge is 2.13. The van der Waals surface area contributed by atoms with Crippen LogP contribution in [-0.2, 0) is 6.54 Å². The summed E-state index contributed by atoms with van der Waals surface area (Å²) >= 11 is 0. The number of hydrogen-bond donors (Lipinski definition) is 1. The van der Waals surface area contributed by atoms with Crippen LogP contribution in [0.3, 0.4) is 0 Å². The number of benzene rings is 2. The average molecular weight is 370 g/mol. The Labute approximate surface area is 164 Å². The van der Waals surface area contributed by atoms with Gasteiger partial charge in [0.15, 0.2) is 0 Å². The monoisotopic (exact) mass is 370 g/mol. The molecule has 0 aliphatic carbocycles. The molecule has 0 bridgehead atoms. The number of terminal acetylenes is 1. The Balaban J connectivity index is 1.45. The molecule has 0 saturated carbocycles. The summed E-state index contributed by atoms with van der Waals surface area (Å²) in [5.74, 6) is 2.43. The normalized spacial score (nSPS) is 13.9. The molecule has 2 aromatic carbocycles. The third-order valence-corrected chi connectivity index (χ3v) is 5.05. The molecule has 1 N–H and O–H groups in total. The first-order chi connectivity index (χ1) is 13.8. The number of aromatic nitrogens is 1. The molecule has 4 rings (SSSR count). The molecule has 0 spiro atoms. The van der Waals surface area contributed by atoms with Crippen LogP contribution in [0.4, 0.5) is 5.69 Å². The van der Waals surface area contributed by atoms with Crippen molar-refractivity contribution >= 4 is 28.7 Å². The van der Waals surface area contributed by atoms with Gasteiger partial charge in [-0.15, -0.1) is 6.42 Å². The van der Waals surface area contributed by atoms with Crippen molar-refractivity contribution in [3.63, 3.8) is 0 Å². The number of amides is 1. The van der Waals surface area contributed by atoms with Gasteiger partial charge in [-0.1, -0.05) is 24.1 Å². The van der Waals surface area contributed by atoms with Gasteiger partial charge in [0.05, 0.1) is 12.8 Å². The molecule has 5 nitrogen and oxygen atoms in total. The summed E-state index contributed by atoms with van der Waals surface area (Å²) in [6.45, 7) is 2.66. The third kappa shape index (κ3) is 3.63. The van der Waals surface area contributed by atoms with E-state index in [1.54, 1.807) is 6.21 Å². The van der Waals surface area contributed by atoms with Gasteiger partial charge in [0, 0.05) is 47.0 Å². The second-order valence-corrected chi connectivity index (χ2v) is 6.87. The Morgan fingerprint density at radius 3 is 2.64 bits per heavy atom. The number of nitrogens with zero attached hydrogens (tertiary/aromatic N) is 3. The first-order valence-corrected chi connectivity index (χ1v) is 9.46. The van der Waals surface area contributed by atoms with Crippen LogP contribution in [-0.4, -0.2) is 29.8 Å². The Morgan fingerprint density at radius 1 is 1.14 bits per heavy atom. The number of anilines is 1. The van der Waals surface area contributed by atoms with E-state index in [1.807, 2.05) is 59.3 Å². The van der Waals surface area contributed by atoms with E-state index in [4.69, 9.17) is 6.42 Å². The maximum Gasteiger partial charge on any atom is 0.271 e. The lowest BCUT2D eigenvalue weighted by atomic mass is 10.2. The molecule has 28 heavy (non-hydrogen) atoms. The predicted molar refractivity (Wildman–Crippen MR) is 114 cm³/mol. The van der Waals surface area contributed by atoms with Crippen molar-refractivity contribution in [1.82, 2.24) is 9.99 Å². The van der Waals surface area contributed by atoms with Crippen LogP contribution in [0.15, 0.2) is 59.8 Å². The summed E-state index contributed by atoms with van der Waals surface area (Å²) < 4.78 is 2.00. The Hall–Kier alpha value is -3.52. The number of carbonyl (C=O) groups excluding carboxylic acids is 1. The van der Waals surface area contributed by atoms with E-state index in [2.05, 4.69) is 21.3 Å². The fourth-order valence-electron chi connectivity index (χ4n) is 3.63. The van der Waals surface area contributed by atoms with Gasteiger partial charge in [0.25, 0.3) is 5.91 Å². The lowest BCUT2D eigenvalue weighted by molar-refractivity contribution is 0.0955. The predicted octanol–water partition coefficient (Wildman–Crippen LogP) is 3.64. The van der Waals surface area contributed by atoms with Gasteiger partial charge < -0.3 is 9.47 Å². The first-order valence-electron chi connectivity index (χ1n) is 9.46. The molecule has 1 aliphatic rings. The molecule has 0 unspecified atom stereocenters. The van der Waals surface area contributed by atoms with Crippen LogP contribution < -0.4 is 10.3 Å². The Kier molecular flexibility index (Phi) is 5.11. The fourth-order valence-corrected chi connectivity index (χ4v) is 3.63. The van der Waals surface area contributed by atoms with Crippen molar-refractivity contribution in [3.8, 4) is 12.3 Å². The highest BCUT2D eigenvalue weighted by molar-refractivity contribution is 6.00. The molecule has 1 fully saturated rings. The van der Waals surface area contributed by atoms with Gasteiger partial charge >= 0.3 is 0 Å². The van der Waals surface area contributed by atoms with Crippen LogP contribution in [0.2, 0.25) is 0 Å². The number of hydrogen-bond acceptors (Lipinski definition) is 3. The standard InChI is InChI=1S/C23H22N4O/c1-2-13-27-17-19(21-7-3-4-8-22(21)27)16-24-25-23(28)18-9-11-20(12-10-18)26-14-5-6-15-26/h1,3-4,7-12,16-17H,5-6,13-15H2,(H,25,28)/b24-16-. The molecule has 1 aromatic heterocycles. The van der Waals surface area contributed by atoms with E-state index in [1.165, 1.54) is 18.5 Å². The summed E-state index contributed by atoms with van der Waals surface area (Å²) in [4.78, 5) is 14.7. The number of fused-ring (bicyclic) bond motifs is 1. The minimum absolute atomic E-state index is 0.225. The summed E-state index contributed by atoms with van der Waals surface area (Å²) in [7, 11) is 0. The quantitative estimate of drug-likeness (QED) is 0.423. The molecule has 5 heteroatoms. The van der Waals surface area contributed by atoms with E-state index in [0.717, 1.165) is 29.6 Å². The smallest absolute Gasteiger partial charge is 0.271 e. The molecule has 1 saturated heterocycles. The zero-order valence-corrected chi connectivity index (χ0v) is 15.6.